The molecule has 4 rings (SSSR count). The minimum atomic E-state index is -3.15. The van der Waals surface area contributed by atoms with Gasteiger partial charge in [-0.15, -0.1) is 0 Å². The monoisotopic (exact) mass is 470 g/mol. The van der Waals surface area contributed by atoms with Gasteiger partial charge in [0.25, 0.3) is 0 Å². The molecule has 0 radical (unpaired) electrons. The van der Waals surface area contributed by atoms with Crippen molar-refractivity contribution in [1.29, 1.82) is 0 Å². The third-order valence-corrected chi connectivity index (χ3v) is 29.0. The first-order valence-corrected chi connectivity index (χ1v) is 27.2. The van der Waals surface area contributed by atoms with Crippen LogP contribution in [-0.4, -0.2) is 6.94 Å². The van der Waals surface area contributed by atoms with E-state index in [1.807, 2.05) is 0 Å². The van der Waals surface area contributed by atoms with Gasteiger partial charge in [0, 0.05) is 0 Å². The summed E-state index contributed by atoms with van der Waals surface area (Å²) in [4.78, 5) is 0. The number of benzene rings is 2. The zero-order valence-electron chi connectivity index (χ0n) is 13.4. The van der Waals surface area contributed by atoms with Crippen LogP contribution in [0.2, 0.25) is 9.36 Å². The molecule has 110 valence electrons. The molecular formula is C20H22HfSi. The molecule has 0 aliphatic heterocycles. The van der Waals surface area contributed by atoms with Crippen molar-refractivity contribution in [2.45, 2.75) is 22.2 Å². The van der Waals surface area contributed by atoms with E-state index in [4.69, 9.17) is 0 Å². The molecule has 2 heteroatoms. The predicted molar refractivity (Wildman–Crippen MR) is 96.4 cm³/mol. The minimum absolute atomic E-state index is 1.12. The zero-order chi connectivity index (χ0) is 15.4. The molecule has 0 aromatic heterocycles. The van der Waals surface area contributed by atoms with Crippen molar-refractivity contribution in [3.8, 4) is 11.1 Å². The molecule has 2 aliphatic rings. The standard InChI is InChI=1S/C13H9.C5H5.2CH3.Hf.H2Si/c1-3-7-12-10(5-1)9-11-6-2-4-8-13(11)12;1-2-4-5-3-1;;;;/h1-5,7-8H,9H2;1-3H,4H2;2*1H3;;1H2. The van der Waals surface area contributed by atoms with Gasteiger partial charge in [0.2, 0.25) is 0 Å². The van der Waals surface area contributed by atoms with Gasteiger partial charge >= 0.3 is 136 Å². The van der Waals surface area contributed by atoms with Crippen molar-refractivity contribution < 1.29 is 17.1 Å². The first kappa shape index (κ1) is 14.6. The molecule has 0 fully saturated rings. The fraction of sp³-hybridized carbons (Fsp3) is 0.200. The Bertz CT molecular complexity index is 909. The van der Waals surface area contributed by atoms with Crippen molar-refractivity contribution >= 4 is 10.3 Å². The summed E-state index contributed by atoms with van der Waals surface area (Å²) in [5.74, 6) is 0. The van der Waals surface area contributed by atoms with Crippen LogP contribution >= 0.6 is 0 Å². The Balaban J connectivity index is 1.95. The molecule has 0 amide bonds. The van der Waals surface area contributed by atoms with Crippen LogP contribution in [0.1, 0.15) is 17.5 Å². The maximum absolute atomic E-state index is 3.15. The van der Waals surface area contributed by atoms with Crippen LogP contribution in [0.3, 0.4) is 0 Å². The topological polar surface area (TPSA) is 0 Å². The molecule has 0 spiro atoms. The Morgan fingerprint density at radius 2 is 1.73 bits per heavy atom. The van der Waals surface area contributed by atoms with Crippen LogP contribution in [0.25, 0.3) is 11.1 Å². The molecule has 0 unspecified atom stereocenters. The second-order valence-corrected chi connectivity index (χ2v) is 48.6. The van der Waals surface area contributed by atoms with Crippen LogP contribution < -0.4 is 3.32 Å². The van der Waals surface area contributed by atoms with Crippen molar-refractivity contribution in [3.63, 3.8) is 0 Å². The third kappa shape index (κ3) is 2.04. The fourth-order valence-electron chi connectivity index (χ4n) is 4.12. The van der Waals surface area contributed by atoms with Gasteiger partial charge in [-0.1, -0.05) is 0 Å². The van der Waals surface area contributed by atoms with Crippen LogP contribution in [0.15, 0.2) is 64.0 Å². The van der Waals surface area contributed by atoms with Crippen LogP contribution in [0.4, 0.5) is 0 Å². The molecule has 2 aromatic carbocycles. The van der Waals surface area contributed by atoms with E-state index in [1.165, 1.54) is 23.1 Å². The first-order valence-electron chi connectivity index (χ1n) is 8.10. The average molecular weight is 469 g/mol. The quantitative estimate of drug-likeness (QED) is 0.498. The van der Waals surface area contributed by atoms with Gasteiger partial charge in [-0.2, -0.15) is 0 Å². The first-order chi connectivity index (χ1) is 10.5. The molecule has 22 heavy (non-hydrogen) atoms. The second kappa shape index (κ2) is 4.75. The molecule has 0 N–H and O–H groups in total. The van der Waals surface area contributed by atoms with Gasteiger partial charge in [-0.05, 0) is 0 Å². The Hall–Kier alpha value is -0.993. The summed E-state index contributed by atoms with van der Waals surface area (Å²) in [7, 11) is 0. The Labute approximate surface area is 135 Å². The molecule has 0 saturated carbocycles. The van der Waals surface area contributed by atoms with Gasteiger partial charge in [0.05, 0.1) is 0 Å². The second-order valence-electron chi connectivity index (χ2n) is 7.68. The van der Waals surface area contributed by atoms with E-state index in [2.05, 4.69) is 77.0 Å². The molecule has 0 atom stereocenters. The number of rotatable bonds is 2. The van der Waals surface area contributed by atoms with Gasteiger partial charge in [-0.25, -0.2) is 0 Å². The van der Waals surface area contributed by atoms with Crippen molar-refractivity contribution in [1.82, 2.24) is 0 Å². The molecule has 0 heterocycles. The van der Waals surface area contributed by atoms with E-state index in [1.54, 1.807) is 12.2 Å². The van der Waals surface area contributed by atoms with E-state index >= 15 is 0 Å². The zero-order valence-corrected chi connectivity index (χ0v) is 18.4. The van der Waals surface area contributed by atoms with E-state index in [9.17, 15) is 0 Å². The fourth-order valence-corrected chi connectivity index (χ4v) is 21.8. The molecule has 0 bridgehead atoms. The van der Waals surface area contributed by atoms with Crippen LogP contribution in [-0.2, 0) is 23.5 Å². The van der Waals surface area contributed by atoms with Crippen molar-refractivity contribution in [2.75, 3.05) is 0 Å². The van der Waals surface area contributed by atoms with Gasteiger partial charge in [-0.3, -0.25) is 0 Å². The van der Waals surface area contributed by atoms with E-state index in [-0.39, 0.29) is 0 Å². The summed E-state index contributed by atoms with van der Waals surface area (Å²) in [6.45, 7) is 2.35. The summed E-state index contributed by atoms with van der Waals surface area (Å²) < 4.78 is 8.68. The number of hydrogen-bond donors (Lipinski definition) is 0. The van der Waals surface area contributed by atoms with E-state index in [0.717, 1.165) is 6.42 Å². The SMILES string of the molecule is [CH3][Hf]([CH3])(=[SiH2])([C]1=CC=CC1)[c]1cccc2c1Cc1ccccc1-2. The number of hydrogen-bond acceptors (Lipinski definition) is 0. The summed E-state index contributed by atoms with van der Waals surface area (Å²) in [6.07, 6.45) is 9.27. The third-order valence-electron chi connectivity index (χ3n) is 5.52. The summed E-state index contributed by atoms with van der Waals surface area (Å²) in [6, 6.07) is 16.0. The van der Waals surface area contributed by atoms with E-state index in [0.29, 0.717) is 0 Å². The summed E-state index contributed by atoms with van der Waals surface area (Å²) in [5, 5.41) is 0. The molecule has 2 aromatic rings. The van der Waals surface area contributed by atoms with Crippen molar-refractivity contribution in [2.24, 2.45) is 0 Å². The van der Waals surface area contributed by atoms with Gasteiger partial charge in [0.15, 0.2) is 0 Å². The summed E-state index contributed by atoms with van der Waals surface area (Å²) in [5.41, 5.74) is 6.05. The van der Waals surface area contributed by atoms with Crippen LogP contribution in [0, 0.1) is 0 Å². The van der Waals surface area contributed by atoms with E-state index < -0.39 is 17.1 Å². The average Bonchev–Trinajstić information content (AvgIpc) is 3.14. The van der Waals surface area contributed by atoms with Crippen molar-refractivity contribution in [3.05, 3.63) is 75.1 Å². The van der Waals surface area contributed by atoms with Crippen LogP contribution in [0.5, 0.6) is 0 Å². The number of fused-ring (bicyclic) bond motifs is 3. The Morgan fingerprint density at radius 3 is 2.50 bits per heavy atom. The Morgan fingerprint density at radius 1 is 0.955 bits per heavy atom. The maximum atomic E-state index is 2.62. The summed E-state index contributed by atoms with van der Waals surface area (Å²) >= 11 is -3.15. The predicted octanol–water partition coefficient (Wildman–Crippen LogP) is 4.06. The number of allylic oxidation sites excluding steroid dienone is 4. The molecule has 0 nitrogen and oxygen atoms in total. The van der Waals surface area contributed by atoms with Gasteiger partial charge < -0.3 is 0 Å². The Kier molecular flexibility index (Phi) is 3.15. The molecule has 2 aliphatic carbocycles. The molecule has 0 saturated heterocycles. The van der Waals surface area contributed by atoms with Gasteiger partial charge in [0.1, 0.15) is 0 Å². The normalized spacial score (nSPS) is 16.4. The molecular weight excluding hydrogens is 447 g/mol.